The van der Waals surface area contributed by atoms with E-state index in [-0.39, 0.29) is 12.5 Å². The zero-order chi connectivity index (χ0) is 19.6. The normalized spacial score (nSPS) is 33.9. The highest BCUT2D eigenvalue weighted by Crippen LogP contribution is 2.35. The van der Waals surface area contributed by atoms with Crippen LogP contribution in [0.3, 0.4) is 0 Å². The first-order valence-corrected chi connectivity index (χ1v) is 10.3. The van der Waals surface area contributed by atoms with Crippen LogP contribution in [0.4, 0.5) is 0 Å². The summed E-state index contributed by atoms with van der Waals surface area (Å²) in [7, 11) is -2.44. The maximum Gasteiger partial charge on any atom is 0.264 e. The van der Waals surface area contributed by atoms with Gasteiger partial charge in [-0.1, -0.05) is 30.3 Å². The molecule has 10 heteroatoms. The Hall–Kier alpha value is -1.56. The third kappa shape index (κ3) is 4.84. The molecule has 0 aliphatic carbocycles. The first-order chi connectivity index (χ1) is 12.8. The summed E-state index contributed by atoms with van der Waals surface area (Å²) in [6.45, 7) is 1.47. The van der Waals surface area contributed by atoms with E-state index in [1.165, 1.54) is 14.0 Å². The SMILES string of the molecule is CO[C@H]1O[C@@H]2COC(c3ccccc3)O[C@H]2[C@@H](OS(C)(=O)=O)[C@@H]1NC(C)=O. The number of nitrogens with one attached hydrogen (secondary N) is 1. The van der Waals surface area contributed by atoms with E-state index in [1.54, 1.807) is 0 Å². The Kier molecular flexibility index (Phi) is 6.14. The number of hydrogen-bond acceptors (Lipinski definition) is 8. The minimum atomic E-state index is -3.84. The van der Waals surface area contributed by atoms with Crippen LogP contribution in [0.15, 0.2) is 30.3 Å². The molecular weight excluding hydrogens is 378 g/mol. The molecule has 0 bridgehead atoms. The molecule has 2 fully saturated rings. The summed E-state index contributed by atoms with van der Waals surface area (Å²) >= 11 is 0. The highest BCUT2D eigenvalue weighted by molar-refractivity contribution is 7.86. The van der Waals surface area contributed by atoms with Gasteiger partial charge in [0.25, 0.3) is 10.1 Å². The van der Waals surface area contributed by atoms with E-state index in [4.69, 9.17) is 23.1 Å². The van der Waals surface area contributed by atoms with Crippen LogP contribution in [0.1, 0.15) is 18.8 Å². The Balaban J connectivity index is 1.90. The molecule has 0 spiro atoms. The van der Waals surface area contributed by atoms with E-state index >= 15 is 0 Å². The van der Waals surface area contributed by atoms with Crippen LogP contribution in [0.2, 0.25) is 0 Å². The number of hydrogen-bond donors (Lipinski definition) is 1. The fraction of sp³-hybridized carbons (Fsp3) is 0.588. The topological polar surface area (TPSA) is 109 Å². The number of carbonyl (C=O) groups is 1. The summed E-state index contributed by atoms with van der Waals surface area (Å²) in [5.41, 5.74) is 0.777. The lowest BCUT2D eigenvalue weighted by molar-refractivity contribution is -0.337. The van der Waals surface area contributed by atoms with Gasteiger partial charge in [0.2, 0.25) is 5.91 Å². The molecule has 0 aromatic heterocycles. The van der Waals surface area contributed by atoms with Gasteiger partial charge in [0, 0.05) is 19.6 Å². The first kappa shape index (κ1) is 20.2. The summed E-state index contributed by atoms with van der Waals surface area (Å²) < 4.78 is 51.8. The van der Waals surface area contributed by atoms with Crippen molar-refractivity contribution in [3.8, 4) is 0 Å². The number of methoxy groups -OCH3 is 1. The number of benzene rings is 1. The molecule has 1 N–H and O–H groups in total. The van der Waals surface area contributed by atoms with Gasteiger partial charge in [-0.05, 0) is 0 Å². The Morgan fingerprint density at radius 2 is 1.93 bits per heavy atom. The van der Waals surface area contributed by atoms with Crippen LogP contribution in [0.5, 0.6) is 0 Å². The molecule has 1 aromatic carbocycles. The highest BCUT2D eigenvalue weighted by Gasteiger charge is 2.52. The third-order valence-electron chi connectivity index (χ3n) is 4.30. The molecule has 2 saturated heterocycles. The van der Waals surface area contributed by atoms with Crippen molar-refractivity contribution in [3.63, 3.8) is 0 Å². The second-order valence-corrected chi connectivity index (χ2v) is 8.05. The lowest BCUT2D eigenvalue weighted by Crippen LogP contribution is -2.67. The van der Waals surface area contributed by atoms with Gasteiger partial charge in [-0.15, -0.1) is 0 Å². The lowest BCUT2D eigenvalue weighted by Gasteiger charge is -2.48. The second-order valence-electron chi connectivity index (χ2n) is 6.45. The summed E-state index contributed by atoms with van der Waals surface area (Å²) in [6.07, 6.45) is -3.13. The van der Waals surface area contributed by atoms with Crippen LogP contribution >= 0.6 is 0 Å². The Morgan fingerprint density at radius 1 is 1.22 bits per heavy atom. The number of fused-ring (bicyclic) bond motifs is 1. The van der Waals surface area contributed by atoms with Gasteiger partial charge in [0.15, 0.2) is 12.6 Å². The fourth-order valence-electron chi connectivity index (χ4n) is 3.26. The van der Waals surface area contributed by atoms with Crippen molar-refractivity contribution in [3.05, 3.63) is 35.9 Å². The molecule has 9 nitrogen and oxygen atoms in total. The molecule has 2 aliphatic heterocycles. The molecule has 1 aromatic rings. The van der Waals surface area contributed by atoms with Crippen LogP contribution in [0.25, 0.3) is 0 Å². The fourth-order valence-corrected chi connectivity index (χ4v) is 3.89. The van der Waals surface area contributed by atoms with E-state index < -0.39 is 47.1 Å². The van der Waals surface area contributed by atoms with Gasteiger partial charge in [-0.25, -0.2) is 0 Å². The molecule has 2 heterocycles. The predicted molar refractivity (Wildman–Crippen MR) is 93.0 cm³/mol. The van der Waals surface area contributed by atoms with Crippen molar-refractivity contribution in [2.75, 3.05) is 20.0 Å². The molecule has 27 heavy (non-hydrogen) atoms. The van der Waals surface area contributed by atoms with E-state index in [1.807, 2.05) is 30.3 Å². The quantitative estimate of drug-likeness (QED) is 0.703. The van der Waals surface area contributed by atoms with Gasteiger partial charge < -0.3 is 24.3 Å². The number of ether oxygens (including phenoxy) is 4. The largest absolute Gasteiger partial charge is 0.354 e. The maximum absolute atomic E-state index is 11.8. The van der Waals surface area contributed by atoms with Gasteiger partial charge in [-0.2, -0.15) is 8.42 Å². The zero-order valence-corrected chi connectivity index (χ0v) is 16.0. The van der Waals surface area contributed by atoms with Crippen molar-refractivity contribution < 1.29 is 36.3 Å². The minimum absolute atomic E-state index is 0.153. The van der Waals surface area contributed by atoms with Gasteiger partial charge in [0.05, 0.1) is 12.9 Å². The van der Waals surface area contributed by atoms with E-state index in [0.717, 1.165) is 11.8 Å². The predicted octanol–water partition coefficient (Wildman–Crippen LogP) is 0.321. The molecule has 6 atom stereocenters. The monoisotopic (exact) mass is 401 g/mol. The van der Waals surface area contributed by atoms with Crippen LogP contribution in [-0.4, -0.2) is 64.9 Å². The molecule has 0 radical (unpaired) electrons. The summed E-state index contributed by atoms with van der Waals surface area (Å²) in [6, 6.07) is 8.35. The second kappa shape index (κ2) is 8.21. The first-order valence-electron chi connectivity index (χ1n) is 8.44. The van der Waals surface area contributed by atoms with E-state index in [9.17, 15) is 13.2 Å². The van der Waals surface area contributed by atoms with Crippen molar-refractivity contribution >= 4 is 16.0 Å². The van der Waals surface area contributed by atoms with Crippen LogP contribution < -0.4 is 5.32 Å². The summed E-state index contributed by atoms with van der Waals surface area (Å²) in [4.78, 5) is 11.6. The number of rotatable bonds is 5. The van der Waals surface area contributed by atoms with Gasteiger partial charge >= 0.3 is 0 Å². The minimum Gasteiger partial charge on any atom is -0.354 e. The summed E-state index contributed by atoms with van der Waals surface area (Å²) in [5, 5.41) is 2.64. The average molecular weight is 401 g/mol. The van der Waals surface area contributed by atoms with Crippen LogP contribution in [0, 0.1) is 0 Å². The van der Waals surface area contributed by atoms with Gasteiger partial charge in [0.1, 0.15) is 24.4 Å². The molecule has 1 amide bonds. The third-order valence-corrected chi connectivity index (χ3v) is 4.87. The van der Waals surface area contributed by atoms with Crippen molar-refractivity contribution in [2.24, 2.45) is 0 Å². The number of amides is 1. The van der Waals surface area contributed by atoms with E-state index in [2.05, 4.69) is 5.32 Å². The lowest BCUT2D eigenvalue weighted by atomic mass is 9.95. The molecular formula is C17H23NO8S. The average Bonchev–Trinajstić information content (AvgIpc) is 2.62. The molecule has 2 aliphatic rings. The Bertz CT molecular complexity index is 755. The molecule has 0 saturated carbocycles. The Labute approximate surface area is 158 Å². The maximum atomic E-state index is 11.8. The van der Waals surface area contributed by atoms with E-state index in [0.29, 0.717) is 0 Å². The van der Waals surface area contributed by atoms with Crippen molar-refractivity contribution in [2.45, 2.75) is 43.9 Å². The molecule has 3 rings (SSSR count). The Morgan fingerprint density at radius 3 is 2.52 bits per heavy atom. The van der Waals surface area contributed by atoms with Gasteiger partial charge in [-0.3, -0.25) is 8.98 Å². The van der Waals surface area contributed by atoms with Crippen LogP contribution in [-0.2, 0) is 38.0 Å². The highest BCUT2D eigenvalue weighted by atomic mass is 32.2. The summed E-state index contributed by atoms with van der Waals surface area (Å²) in [5.74, 6) is -0.377. The molecule has 150 valence electrons. The standard InChI is InChI=1S/C17H23NO8S/c1-10(19)18-13-15(26-27(3,20)21)14-12(24-17(13)22-2)9-23-16(25-14)11-7-5-4-6-8-11/h4-8,12-17H,9H2,1-3H3,(H,18,19)/t12-,13+,14-,15+,16?,17+/m1/s1. The number of carbonyl (C=O) groups excluding carboxylic acids is 1. The van der Waals surface area contributed by atoms with Crippen molar-refractivity contribution in [1.29, 1.82) is 0 Å². The zero-order valence-electron chi connectivity index (χ0n) is 15.2. The smallest absolute Gasteiger partial charge is 0.264 e. The molecule has 1 unspecified atom stereocenters. The van der Waals surface area contributed by atoms with Crippen molar-refractivity contribution in [1.82, 2.24) is 5.32 Å².